The molecular formula is C20H33IN4O. The zero-order valence-electron chi connectivity index (χ0n) is 15.8. The summed E-state index contributed by atoms with van der Waals surface area (Å²) < 4.78 is 5.91. The van der Waals surface area contributed by atoms with E-state index in [2.05, 4.69) is 50.9 Å². The molecular weight excluding hydrogens is 439 g/mol. The second-order valence-electron chi connectivity index (χ2n) is 7.04. The number of hydrogen-bond acceptors (Lipinski definition) is 3. The fourth-order valence-corrected chi connectivity index (χ4v) is 3.72. The average molecular weight is 472 g/mol. The molecule has 3 rings (SSSR count). The van der Waals surface area contributed by atoms with Gasteiger partial charge in [0.25, 0.3) is 0 Å². The molecule has 1 atom stereocenters. The van der Waals surface area contributed by atoms with Gasteiger partial charge in [0.1, 0.15) is 0 Å². The van der Waals surface area contributed by atoms with Crippen molar-refractivity contribution >= 4 is 35.6 Å². The number of aliphatic imine (C=N–C) groups is 1. The third kappa shape index (κ3) is 6.61. The van der Waals surface area contributed by atoms with Gasteiger partial charge >= 0.3 is 0 Å². The lowest BCUT2D eigenvalue weighted by atomic mass is 10.2. The van der Waals surface area contributed by atoms with Crippen LogP contribution >= 0.6 is 24.0 Å². The van der Waals surface area contributed by atoms with E-state index in [1.807, 2.05) is 7.05 Å². The highest BCUT2D eigenvalue weighted by molar-refractivity contribution is 14.0. The zero-order chi connectivity index (χ0) is 17.3. The van der Waals surface area contributed by atoms with Gasteiger partial charge in [0.05, 0.1) is 6.10 Å². The van der Waals surface area contributed by atoms with E-state index in [1.165, 1.54) is 31.4 Å². The molecule has 1 unspecified atom stereocenters. The van der Waals surface area contributed by atoms with Crippen LogP contribution in [-0.4, -0.2) is 51.4 Å². The van der Waals surface area contributed by atoms with E-state index in [0.717, 1.165) is 45.0 Å². The van der Waals surface area contributed by atoms with Gasteiger partial charge in [0.2, 0.25) is 0 Å². The number of para-hydroxylation sites is 1. The number of ether oxygens (including phenoxy) is 1. The number of benzene rings is 1. The van der Waals surface area contributed by atoms with Crippen molar-refractivity contribution in [3.05, 3.63) is 30.3 Å². The first-order valence-electron chi connectivity index (χ1n) is 9.74. The lowest BCUT2D eigenvalue weighted by Crippen LogP contribution is -2.45. The molecule has 0 aromatic heterocycles. The molecule has 2 aliphatic rings. The van der Waals surface area contributed by atoms with Gasteiger partial charge in [-0.3, -0.25) is 4.99 Å². The molecule has 0 bridgehead atoms. The Balaban J connectivity index is 0.00000243. The Labute approximate surface area is 175 Å². The molecule has 1 aliphatic heterocycles. The minimum atomic E-state index is 0. The van der Waals surface area contributed by atoms with Crippen LogP contribution in [0.2, 0.25) is 0 Å². The number of halogens is 1. The summed E-state index contributed by atoms with van der Waals surface area (Å²) >= 11 is 0. The van der Waals surface area contributed by atoms with Crippen LogP contribution < -0.4 is 15.5 Å². The van der Waals surface area contributed by atoms with Gasteiger partial charge < -0.3 is 20.3 Å². The number of rotatable bonds is 7. The van der Waals surface area contributed by atoms with Crippen molar-refractivity contribution in [3.63, 3.8) is 0 Å². The maximum absolute atomic E-state index is 5.91. The fraction of sp³-hybridized carbons (Fsp3) is 0.650. The predicted octanol–water partition coefficient (Wildman–Crippen LogP) is 3.40. The molecule has 1 aromatic rings. The first kappa shape index (κ1) is 21.3. The van der Waals surface area contributed by atoms with E-state index in [-0.39, 0.29) is 24.0 Å². The molecule has 1 aliphatic carbocycles. The Kier molecular flexibility index (Phi) is 9.53. The molecule has 1 heterocycles. The van der Waals surface area contributed by atoms with Gasteiger partial charge in [-0.15, -0.1) is 24.0 Å². The largest absolute Gasteiger partial charge is 0.378 e. The highest BCUT2D eigenvalue weighted by Gasteiger charge is 2.23. The summed E-state index contributed by atoms with van der Waals surface area (Å²) in [5, 5.41) is 6.97. The molecule has 2 fully saturated rings. The second kappa shape index (κ2) is 11.6. The van der Waals surface area contributed by atoms with Gasteiger partial charge in [0.15, 0.2) is 5.96 Å². The maximum Gasteiger partial charge on any atom is 0.191 e. The molecule has 0 amide bonds. The Morgan fingerprint density at radius 1 is 1.19 bits per heavy atom. The van der Waals surface area contributed by atoms with Gasteiger partial charge in [-0.05, 0) is 37.8 Å². The Morgan fingerprint density at radius 3 is 2.69 bits per heavy atom. The topological polar surface area (TPSA) is 48.9 Å². The molecule has 1 saturated carbocycles. The van der Waals surface area contributed by atoms with Crippen molar-refractivity contribution in [2.45, 2.75) is 50.7 Å². The fourth-order valence-electron chi connectivity index (χ4n) is 3.72. The summed E-state index contributed by atoms with van der Waals surface area (Å²) in [6.45, 7) is 3.87. The van der Waals surface area contributed by atoms with Gasteiger partial charge in [-0.2, -0.15) is 0 Å². The summed E-state index contributed by atoms with van der Waals surface area (Å²) in [7, 11) is 1.84. The average Bonchev–Trinajstić information content (AvgIpc) is 3.33. The Hall–Kier alpha value is -1.02. The monoisotopic (exact) mass is 472 g/mol. The third-order valence-electron chi connectivity index (χ3n) is 5.14. The van der Waals surface area contributed by atoms with Crippen molar-refractivity contribution in [2.24, 2.45) is 4.99 Å². The molecule has 26 heavy (non-hydrogen) atoms. The van der Waals surface area contributed by atoms with Crippen molar-refractivity contribution in [1.29, 1.82) is 0 Å². The quantitative estimate of drug-likeness (QED) is 0.277. The normalized spacial score (nSPS) is 20.9. The highest BCUT2D eigenvalue weighted by Crippen LogP contribution is 2.21. The molecule has 0 radical (unpaired) electrons. The van der Waals surface area contributed by atoms with Crippen molar-refractivity contribution in [1.82, 2.24) is 10.6 Å². The first-order chi connectivity index (χ1) is 12.3. The van der Waals surface area contributed by atoms with Crippen molar-refractivity contribution in [3.8, 4) is 0 Å². The van der Waals surface area contributed by atoms with Crippen LogP contribution in [0.1, 0.15) is 38.5 Å². The number of hydrogen-bond donors (Lipinski definition) is 2. The number of nitrogens with one attached hydrogen (secondary N) is 2. The van der Waals surface area contributed by atoms with Crippen LogP contribution in [0.15, 0.2) is 35.3 Å². The minimum absolute atomic E-state index is 0. The Morgan fingerprint density at radius 2 is 1.96 bits per heavy atom. The van der Waals surface area contributed by atoms with E-state index in [1.54, 1.807) is 0 Å². The number of guanidine groups is 1. The summed E-state index contributed by atoms with van der Waals surface area (Å²) in [5.41, 5.74) is 1.30. The van der Waals surface area contributed by atoms with Gasteiger partial charge in [0, 0.05) is 45.0 Å². The van der Waals surface area contributed by atoms with Crippen LogP contribution in [-0.2, 0) is 4.74 Å². The van der Waals surface area contributed by atoms with Crippen LogP contribution in [0.3, 0.4) is 0 Å². The van der Waals surface area contributed by atoms with Crippen molar-refractivity contribution in [2.75, 3.05) is 38.2 Å². The number of nitrogens with zero attached hydrogens (tertiary/aromatic N) is 2. The van der Waals surface area contributed by atoms with E-state index >= 15 is 0 Å². The summed E-state index contributed by atoms with van der Waals surface area (Å²) in [5.74, 6) is 0.903. The molecule has 5 nitrogen and oxygen atoms in total. The lowest BCUT2D eigenvalue weighted by Gasteiger charge is -2.20. The Bertz CT molecular complexity index is 534. The summed E-state index contributed by atoms with van der Waals surface area (Å²) in [4.78, 5) is 6.79. The van der Waals surface area contributed by atoms with E-state index in [0.29, 0.717) is 12.1 Å². The van der Waals surface area contributed by atoms with E-state index < -0.39 is 0 Å². The minimum Gasteiger partial charge on any atom is -0.378 e. The number of anilines is 1. The zero-order valence-corrected chi connectivity index (χ0v) is 18.2. The second-order valence-corrected chi connectivity index (χ2v) is 7.04. The van der Waals surface area contributed by atoms with Crippen molar-refractivity contribution < 1.29 is 4.74 Å². The first-order valence-corrected chi connectivity index (χ1v) is 9.74. The third-order valence-corrected chi connectivity index (χ3v) is 5.14. The molecule has 146 valence electrons. The van der Waals surface area contributed by atoms with Crippen LogP contribution in [0, 0.1) is 0 Å². The van der Waals surface area contributed by atoms with Gasteiger partial charge in [-0.1, -0.05) is 31.0 Å². The smallest absolute Gasteiger partial charge is 0.191 e. The molecule has 6 heteroatoms. The highest BCUT2D eigenvalue weighted by atomic mass is 127. The SMILES string of the molecule is CN=C(NCCCOC1CCCC1)NC1CCN(c2ccccc2)C1.I. The van der Waals surface area contributed by atoms with E-state index in [4.69, 9.17) is 4.74 Å². The molecule has 2 N–H and O–H groups in total. The molecule has 1 aromatic carbocycles. The van der Waals surface area contributed by atoms with Crippen LogP contribution in [0.5, 0.6) is 0 Å². The lowest BCUT2D eigenvalue weighted by molar-refractivity contribution is 0.0574. The van der Waals surface area contributed by atoms with Crippen LogP contribution in [0.25, 0.3) is 0 Å². The maximum atomic E-state index is 5.91. The van der Waals surface area contributed by atoms with E-state index in [9.17, 15) is 0 Å². The van der Waals surface area contributed by atoms with Crippen LogP contribution in [0.4, 0.5) is 5.69 Å². The summed E-state index contributed by atoms with van der Waals surface area (Å²) in [6, 6.07) is 11.1. The summed E-state index contributed by atoms with van der Waals surface area (Å²) in [6.07, 6.45) is 7.84. The van der Waals surface area contributed by atoms with Gasteiger partial charge in [-0.25, -0.2) is 0 Å². The molecule has 1 saturated heterocycles. The standard InChI is InChI=1S/C20H32N4O.HI/c1-21-20(22-13-7-15-25-19-10-5-6-11-19)23-17-12-14-24(16-17)18-8-3-2-4-9-18;/h2-4,8-9,17,19H,5-7,10-16H2,1H3,(H2,21,22,23);1H. The molecule has 0 spiro atoms. The predicted molar refractivity (Wildman–Crippen MR) is 120 cm³/mol.